The Bertz CT molecular complexity index is 1220. The Hall–Kier alpha value is -3.54. The third-order valence-electron chi connectivity index (χ3n) is 5.88. The number of aryl methyl sites for hydroxylation is 1. The highest BCUT2D eigenvalue weighted by atomic mass is 16.5. The van der Waals surface area contributed by atoms with E-state index in [4.69, 9.17) is 18.6 Å². The lowest BCUT2D eigenvalue weighted by atomic mass is 10.0. The molecule has 3 aromatic rings. The molecule has 0 unspecified atom stereocenters. The zero-order chi connectivity index (χ0) is 24.5. The number of fused-ring (bicyclic) bond motifs is 1. The number of carbonyl (C=O) groups is 1. The van der Waals surface area contributed by atoms with E-state index in [9.17, 15) is 9.59 Å². The second kappa shape index (κ2) is 12.1. The standard InChI is InChI=1S/C28H32O6/c1-5-6-7-8-12-23-19(2)22-15-14-21(16-26(22)34-28(23)30)33-17-20-11-9-10-13-24(20)25(18-31-3)27(29)32-4/h9-11,13-16,18H,5-8,12,17H2,1-4H3/b25-18-. The number of benzene rings is 2. The lowest BCUT2D eigenvalue weighted by Crippen LogP contribution is -2.10. The second-order valence-electron chi connectivity index (χ2n) is 8.17. The summed E-state index contributed by atoms with van der Waals surface area (Å²) in [5, 5.41) is 0.911. The molecule has 0 atom stereocenters. The Labute approximate surface area is 200 Å². The molecule has 180 valence electrons. The first-order chi connectivity index (χ1) is 16.5. The Morgan fingerprint density at radius 2 is 1.85 bits per heavy atom. The highest BCUT2D eigenvalue weighted by Gasteiger charge is 2.17. The fourth-order valence-electron chi connectivity index (χ4n) is 4.00. The lowest BCUT2D eigenvalue weighted by molar-refractivity contribution is -0.133. The molecule has 3 rings (SSSR count). The van der Waals surface area contributed by atoms with E-state index >= 15 is 0 Å². The van der Waals surface area contributed by atoms with Crippen molar-refractivity contribution < 1.29 is 23.4 Å². The van der Waals surface area contributed by atoms with Gasteiger partial charge in [-0.1, -0.05) is 50.5 Å². The van der Waals surface area contributed by atoms with Crippen molar-refractivity contribution in [2.75, 3.05) is 14.2 Å². The maximum Gasteiger partial charge on any atom is 0.341 e. The third-order valence-corrected chi connectivity index (χ3v) is 5.88. The van der Waals surface area contributed by atoms with E-state index in [1.165, 1.54) is 26.9 Å². The number of carbonyl (C=O) groups excluding carboxylic acids is 1. The summed E-state index contributed by atoms with van der Waals surface area (Å²) in [4.78, 5) is 24.8. The SMILES string of the molecule is CCCCCCc1c(C)c2ccc(OCc3ccccc3/C(=C/OC)C(=O)OC)cc2oc1=O. The first kappa shape index (κ1) is 25.1. The molecule has 0 fully saturated rings. The van der Waals surface area contributed by atoms with Crippen LogP contribution in [-0.4, -0.2) is 20.2 Å². The first-order valence-electron chi connectivity index (χ1n) is 11.6. The van der Waals surface area contributed by atoms with Crippen LogP contribution in [0.25, 0.3) is 16.5 Å². The summed E-state index contributed by atoms with van der Waals surface area (Å²) in [6, 6.07) is 12.9. The predicted octanol–water partition coefficient (Wildman–Crippen LogP) is 5.96. The minimum absolute atomic E-state index is 0.207. The normalized spacial score (nSPS) is 11.5. The van der Waals surface area contributed by atoms with E-state index in [1.807, 2.05) is 43.3 Å². The zero-order valence-corrected chi connectivity index (χ0v) is 20.3. The summed E-state index contributed by atoms with van der Waals surface area (Å²) in [6.07, 6.45) is 6.51. The Morgan fingerprint density at radius 3 is 2.59 bits per heavy atom. The molecule has 1 aromatic heterocycles. The lowest BCUT2D eigenvalue weighted by Gasteiger charge is -2.13. The van der Waals surface area contributed by atoms with Crippen molar-refractivity contribution in [3.8, 4) is 5.75 Å². The van der Waals surface area contributed by atoms with Gasteiger partial charge in [-0.25, -0.2) is 9.59 Å². The molecule has 1 heterocycles. The van der Waals surface area contributed by atoms with Crippen LogP contribution in [0.4, 0.5) is 0 Å². The zero-order valence-electron chi connectivity index (χ0n) is 20.3. The Balaban J connectivity index is 1.83. The smallest absolute Gasteiger partial charge is 0.341 e. The molecule has 0 saturated heterocycles. The molecule has 0 radical (unpaired) electrons. The molecule has 0 saturated carbocycles. The fraction of sp³-hybridized carbons (Fsp3) is 0.357. The van der Waals surface area contributed by atoms with Gasteiger partial charge < -0.3 is 18.6 Å². The fourth-order valence-corrected chi connectivity index (χ4v) is 4.00. The van der Waals surface area contributed by atoms with Gasteiger partial charge >= 0.3 is 11.6 Å². The predicted molar refractivity (Wildman–Crippen MR) is 133 cm³/mol. The average Bonchev–Trinajstić information content (AvgIpc) is 2.85. The number of hydrogen-bond donors (Lipinski definition) is 0. The Morgan fingerprint density at radius 1 is 1.06 bits per heavy atom. The van der Waals surface area contributed by atoms with Crippen molar-refractivity contribution in [1.29, 1.82) is 0 Å². The minimum Gasteiger partial charge on any atom is -0.503 e. The van der Waals surface area contributed by atoms with Gasteiger partial charge in [0.2, 0.25) is 0 Å². The number of hydrogen-bond acceptors (Lipinski definition) is 6. The van der Waals surface area contributed by atoms with Crippen molar-refractivity contribution in [2.24, 2.45) is 0 Å². The molecule has 0 aliphatic carbocycles. The van der Waals surface area contributed by atoms with Crippen LogP contribution >= 0.6 is 0 Å². The summed E-state index contributed by atoms with van der Waals surface area (Å²) in [6.45, 7) is 4.35. The van der Waals surface area contributed by atoms with Crippen LogP contribution < -0.4 is 10.4 Å². The highest BCUT2D eigenvalue weighted by molar-refractivity contribution is 6.16. The third kappa shape index (κ3) is 5.87. The van der Waals surface area contributed by atoms with Gasteiger partial charge in [0.05, 0.1) is 20.5 Å². The maximum atomic E-state index is 12.6. The van der Waals surface area contributed by atoms with Gasteiger partial charge in [-0.3, -0.25) is 0 Å². The molecule has 0 aliphatic heterocycles. The monoisotopic (exact) mass is 464 g/mol. The van der Waals surface area contributed by atoms with Gasteiger partial charge in [0.1, 0.15) is 23.5 Å². The van der Waals surface area contributed by atoms with E-state index in [2.05, 4.69) is 6.92 Å². The van der Waals surface area contributed by atoms with Crippen molar-refractivity contribution >= 4 is 22.5 Å². The molecule has 34 heavy (non-hydrogen) atoms. The molecular formula is C28H32O6. The molecule has 0 spiro atoms. The molecule has 2 aromatic carbocycles. The van der Waals surface area contributed by atoms with Crippen molar-refractivity contribution in [3.05, 3.63) is 81.4 Å². The topological polar surface area (TPSA) is 75.0 Å². The molecule has 6 heteroatoms. The number of esters is 1. The minimum atomic E-state index is -0.497. The van der Waals surface area contributed by atoms with Crippen LogP contribution in [0.2, 0.25) is 0 Å². The molecule has 0 N–H and O–H groups in total. The van der Waals surface area contributed by atoms with E-state index in [0.717, 1.165) is 47.8 Å². The average molecular weight is 465 g/mol. The van der Waals surface area contributed by atoms with Gasteiger partial charge in [-0.05, 0) is 48.6 Å². The quantitative estimate of drug-likeness (QED) is 0.115. The van der Waals surface area contributed by atoms with Crippen LogP contribution in [-0.2, 0) is 27.3 Å². The van der Waals surface area contributed by atoms with Crippen molar-refractivity contribution in [3.63, 3.8) is 0 Å². The second-order valence-corrected chi connectivity index (χ2v) is 8.17. The summed E-state index contributed by atoms with van der Waals surface area (Å²) in [5.74, 6) is 0.0682. The van der Waals surface area contributed by atoms with Crippen molar-refractivity contribution in [2.45, 2.75) is 52.6 Å². The van der Waals surface area contributed by atoms with Gasteiger partial charge in [-0.2, -0.15) is 0 Å². The van der Waals surface area contributed by atoms with Gasteiger partial charge in [-0.15, -0.1) is 0 Å². The Kier molecular flexibility index (Phi) is 8.91. The summed E-state index contributed by atoms with van der Waals surface area (Å²) in [5.41, 5.74) is 3.69. The molecule has 6 nitrogen and oxygen atoms in total. The summed E-state index contributed by atoms with van der Waals surface area (Å²) < 4.78 is 21.6. The maximum absolute atomic E-state index is 12.6. The van der Waals surface area contributed by atoms with E-state index in [0.29, 0.717) is 22.5 Å². The van der Waals surface area contributed by atoms with E-state index < -0.39 is 5.97 Å². The largest absolute Gasteiger partial charge is 0.503 e. The number of rotatable bonds is 11. The first-order valence-corrected chi connectivity index (χ1v) is 11.6. The summed E-state index contributed by atoms with van der Waals surface area (Å²) >= 11 is 0. The van der Waals surface area contributed by atoms with Crippen molar-refractivity contribution in [1.82, 2.24) is 0 Å². The van der Waals surface area contributed by atoms with Crippen LogP contribution in [0.1, 0.15) is 54.9 Å². The molecule has 0 aliphatic rings. The van der Waals surface area contributed by atoms with Gasteiger partial charge in [0.25, 0.3) is 0 Å². The highest BCUT2D eigenvalue weighted by Crippen LogP contribution is 2.27. The van der Waals surface area contributed by atoms with Gasteiger partial charge in [0, 0.05) is 17.0 Å². The summed E-state index contributed by atoms with van der Waals surface area (Å²) in [7, 11) is 2.80. The number of unbranched alkanes of at least 4 members (excludes halogenated alkanes) is 3. The number of methoxy groups -OCH3 is 2. The van der Waals surface area contributed by atoms with E-state index in [1.54, 1.807) is 6.07 Å². The van der Waals surface area contributed by atoms with Crippen LogP contribution in [0.3, 0.4) is 0 Å². The van der Waals surface area contributed by atoms with Gasteiger partial charge in [0.15, 0.2) is 0 Å². The van der Waals surface area contributed by atoms with Crippen LogP contribution in [0.5, 0.6) is 5.75 Å². The van der Waals surface area contributed by atoms with E-state index in [-0.39, 0.29) is 12.2 Å². The van der Waals surface area contributed by atoms with Crippen LogP contribution in [0.15, 0.2) is 57.9 Å². The molecular weight excluding hydrogens is 432 g/mol. The molecule has 0 amide bonds. The molecule has 0 bridgehead atoms. The van der Waals surface area contributed by atoms with Crippen LogP contribution in [0, 0.1) is 6.92 Å². The number of ether oxygens (including phenoxy) is 3.